The summed E-state index contributed by atoms with van der Waals surface area (Å²) in [5, 5.41) is 9.77. The van der Waals surface area contributed by atoms with Crippen molar-refractivity contribution in [3.05, 3.63) is 28.8 Å². The van der Waals surface area contributed by atoms with Crippen LogP contribution in [0.3, 0.4) is 0 Å². The first-order valence-corrected chi connectivity index (χ1v) is 7.86. The van der Waals surface area contributed by atoms with Crippen LogP contribution in [0.4, 0.5) is 5.69 Å². The molecule has 0 spiro atoms. The third-order valence-electron chi connectivity index (χ3n) is 3.21. The summed E-state index contributed by atoms with van der Waals surface area (Å²) >= 11 is 6.04. The normalized spacial score (nSPS) is 12.1. The number of carbonyl (C=O) groups is 1. The first-order chi connectivity index (χ1) is 11.0. The average Bonchev–Trinajstić information content (AvgIpc) is 2.51. The Morgan fingerprint density at radius 3 is 2.75 bits per heavy atom. The first kappa shape index (κ1) is 22.9. The van der Waals surface area contributed by atoms with Crippen LogP contribution in [0.1, 0.15) is 18.9 Å². The summed E-state index contributed by atoms with van der Waals surface area (Å²) in [7, 11) is 3.33. The van der Waals surface area contributed by atoms with Crippen LogP contribution in [0.5, 0.6) is 0 Å². The summed E-state index contributed by atoms with van der Waals surface area (Å²) < 4.78 is 5.06. The van der Waals surface area contributed by atoms with Crippen LogP contribution in [-0.4, -0.2) is 45.2 Å². The van der Waals surface area contributed by atoms with E-state index in [0.29, 0.717) is 30.6 Å². The summed E-state index contributed by atoms with van der Waals surface area (Å²) in [6.45, 7) is 4.92. The largest absolute Gasteiger partial charge is 0.383 e. The van der Waals surface area contributed by atoms with Crippen molar-refractivity contribution in [2.45, 2.75) is 26.3 Å². The van der Waals surface area contributed by atoms with Gasteiger partial charge in [-0.3, -0.25) is 9.79 Å². The van der Waals surface area contributed by atoms with Gasteiger partial charge in [0.25, 0.3) is 0 Å². The minimum atomic E-state index is -0.0803. The van der Waals surface area contributed by atoms with Gasteiger partial charge in [0.1, 0.15) is 0 Å². The maximum absolute atomic E-state index is 12.0. The molecule has 24 heavy (non-hydrogen) atoms. The number of carbonyl (C=O) groups excluding carboxylic acids is 1. The highest BCUT2D eigenvalue weighted by Crippen LogP contribution is 2.22. The molecule has 8 heteroatoms. The lowest BCUT2D eigenvalue weighted by Gasteiger charge is -2.17. The van der Waals surface area contributed by atoms with Gasteiger partial charge in [-0.25, -0.2) is 0 Å². The summed E-state index contributed by atoms with van der Waals surface area (Å²) in [6.07, 6.45) is 0.325. The number of benzene rings is 1. The molecule has 1 unspecified atom stereocenters. The maximum Gasteiger partial charge on any atom is 0.226 e. The maximum atomic E-state index is 12.0. The number of amides is 1. The lowest BCUT2D eigenvalue weighted by Crippen LogP contribution is -2.44. The number of hydrogen-bond acceptors (Lipinski definition) is 3. The lowest BCUT2D eigenvalue weighted by atomic mass is 10.2. The zero-order valence-corrected chi connectivity index (χ0v) is 17.6. The number of nitrogens with one attached hydrogen (secondary N) is 3. The molecule has 0 bridgehead atoms. The Kier molecular flexibility index (Phi) is 11.8. The molecule has 1 amide bonds. The standard InChI is InChI=1S/C16H25ClN4O2.HI/c1-11(10-23-4)20-16(18-3)19-9-8-15(22)21-14-7-5-6-13(17)12(14)2;/h5-7,11H,8-10H2,1-4H3,(H,21,22)(H2,18,19,20);1H. The molecule has 0 heterocycles. The fourth-order valence-corrected chi connectivity index (χ4v) is 2.14. The Morgan fingerprint density at radius 1 is 1.42 bits per heavy atom. The third-order valence-corrected chi connectivity index (χ3v) is 3.62. The van der Waals surface area contributed by atoms with Crippen LogP contribution in [0, 0.1) is 6.92 Å². The molecule has 136 valence electrons. The van der Waals surface area contributed by atoms with Gasteiger partial charge in [0.2, 0.25) is 5.91 Å². The highest BCUT2D eigenvalue weighted by molar-refractivity contribution is 14.0. The topological polar surface area (TPSA) is 74.8 Å². The van der Waals surface area contributed by atoms with Crippen molar-refractivity contribution in [3.8, 4) is 0 Å². The molecule has 3 N–H and O–H groups in total. The van der Waals surface area contributed by atoms with Crippen LogP contribution in [0.25, 0.3) is 0 Å². The van der Waals surface area contributed by atoms with Gasteiger partial charge in [-0.1, -0.05) is 17.7 Å². The summed E-state index contributed by atoms with van der Waals surface area (Å²) in [5.41, 5.74) is 1.60. The molecule has 0 saturated carbocycles. The second kappa shape index (κ2) is 12.3. The minimum absolute atomic E-state index is 0. The summed E-state index contributed by atoms with van der Waals surface area (Å²) in [4.78, 5) is 16.1. The molecule has 6 nitrogen and oxygen atoms in total. The van der Waals surface area contributed by atoms with Gasteiger partial charge in [-0.15, -0.1) is 24.0 Å². The van der Waals surface area contributed by atoms with Crippen molar-refractivity contribution in [2.24, 2.45) is 4.99 Å². The zero-order valence-electron chi connectivity index (χ0n) is 14.5. The van der Waals surface area contributed by atoms with Gasteiger partial charge in [-0.05, 0) is 31.5 Å². The van der Waals surface area contributed by atoms with E-state index in [4.69, 9.17) is 16.3 Å². The molecule has 1 atom stereocenters. The van der Waals surface area contributed by atoms with Crippen LogP contribution >= 0.6 is 35.6 Å². The van der Waals surface area contributed by atoms with Crippen LogP contribution in [0.15, 0.2) is 23.2 Å². The molecular formula is C16H26ClIN4O2. The molecule has 0 fully saturated rings. The van der Waals surface area contributed by atoms with Gasteiger partial charge in [0.15, 0.2) is 5.96 Å². The van der Waals surface area contributed by atoms with Crippen molar-refractivity contribution in [2.75, 3.05) is 32.6 Å². The SMILES string of the molecule is CN=C(NCCC(=O)Nc1cccc(Cl)c1C)NC(C)COC.I. The molecule has 0 aliphatic rings. The quantitative estimate of drug-likeness (QED) is 0.327. The third kappa shape index (κ3) is 8.16. The van der Waals surface area contributed by atoms with E-state index in [1.54, 1.807) is 20.2 Å². The van der Waals surface area contributed by atoms with Crippen molar-refractivity contribution in [1.29, 1.82) is 0 Å². The van der Waals surface area contributed by atoms with Crippen molar-refractivity contribution < 1.29 is 9.53 Å². The number of guanidine groups is 1. The smallest absolute Gasteiger partial charge is 0.226 e. The Bertz CT molecular complexity index is 555. The number of anilines is 1. The summed E-state index contributed by atoms with van der Waals surface area (Å²) in [5.74, 6) is 0.560. The number of methoxy groups -OCH3 is 1. The Labute approximate surface area is 165 Å². The van der Waals surface area contributed by atoms with Gasteiger partial charge in [-0.2, -0.15) is 0 Å². The molecule has 0 radical (unpaired) electrons. The predicted molar refractivity (Wildman–Crippen MR) is 111 cm³/mol. The number of rotatable bonds is 7. The van der Waals surface area contributed by atoms with Crippen LogP contribution < -0.4 is 16.0 Å². The molecule has 0 aliphatic carbocycles. The van der Waals surface area contributed by atoms with Gasteiger partial charge in [0.05, 0.1) is 6.61 Å². The average molecular weight is 469 g/mol. The highest BCUT2D eigenvalue weighted by atomic mass is 127. The van der Waals surface area contributed by atoms with E-state index in [-0.39, 0.29) is 35.9 Å². The van der Waals surface area contributed by atoms with Crippen LogP contribution in [0.2, 0.25) is 5.02 Å². The minimum Gasteiger partial charge on any atom is -0.383 e. The van der Waals surface area contributed by atoms with E-state index in [1.807, 2.05) is 26.0 Å². The fourth-order valence-electron chi connectivity index (χ4n) is 1.97. The number of hydrogen-bond donors (Lipinski definition) is 3. The second-order valence-electron chi connectivity index (χ2n) is 5.21. The number of aliphatic imine (C=N–C) groups is 1. The van der Waals surface area contributed by atoms with E-state index >= 15 is 0 Å². The predicted octanol–water partition coefficient (Wildman–Crippen LogP) is 2.79. The van der Waals surface area contributed by atoms with Crippen molar-refractivity contribution in [3.63, 3.8) is 0 Å². The van der Waals surface area contributed by atoms with E-state index in [1.165, 1.54) is 0 Å². The monoisotopic (exact) mass is 468 g/mol. The van der Waals surface area contributed by atoms with Crippen LogP contribution in [-0.2, 0) is 9.53 Å². The molecular weight excluding hydrogens is 443 g/mol. The molecule has 0 saturated heterocycles. The van der Waals surface area contributed by atoms with E-state index in [2.05, 4.69) is 20.9 Å². The Morgan fingerprint density at radius 2 is 2.12 bits per heavy atom. The van der Waals surface area contributed by atoms with E-state index < -0.39 is 0 Å². The fraction of sp³-hybridized carbons (Fsp3) is 0.500. The first-order valence-electron chi connectivity index (χ1n) is 7.49. The second-order valence-corrected chi connectivity index (χ2v) is 5.62. The van der Waals surface area contributed by atoms with Gasteiger partial charge in [0, 0.05) is 43.9 Å². The van der Waals surface area contributed by atoms with Crippen molar-refractivity contribution >= 4 is 53.1 Å². The Balaban J connectivity index is 0.00000529. The molecule has 1 rings (SSSR count). The molecule has 0 aromatic heterocycles. The molecule has 1 aromatic rings. The summed E-state index contributed by atoms with van der Waals surface area (Å²) in [6, 6.07) is 5.57. The van der Waals surface area contributed by atoms with Gasteiger partial charge < -0.3 is 20.7 Å². The van der Waals surface area contributed by atoms with E-state index in [9.17, 15) is 4.79 Å². The molecule has 0 aliphatic heterocycles. The van der Waals surface area contributed by atoms with E-state index in [0.717, 1.165) is 11.3 Å². The van der Waals surface area contributed by atoms with Gasteiger partial charge >= 0.3 is 0 Å². The highest BCUT2D eigenvalue weighted by Gasteiger charge is 2.08. The molecule has 1 aromatic carbocycles. The Hall–Kier alpha value is -1.06. The lowest BCUT2D eigenvalue weighted by molar-refractivity contribution is -0.116. The van der Waals surface area contributed by atoms with Crippen molar-refractivity contribution in [1.82, 2.24) is 10.6 Å². The number of nitrogens with zero attached hydrogens (tertiary/aromatic N) is 1. The number of ether oxygens (including phenoxy) is 1. The zero-order chi connectivity index (χ0) is 17.2. The number of halogens is 2.